The quantitative estimate of drug-likeness (QED) is 0.753. The van der Waals surface area contributed by atoms with Gasteiger partial charge in [-0.15, -0.1) is 0 Å². The summed E-state index contributed by atoms with van der Waals surface area (Å²) in [5.74, 6) is -0.150. The van der Waals surface area contributed by atoms with E-state index in [2.05, 4.69) is 0 Å². The van der Waals surface area contributed by atoms with Crippen LogP contribution < -0.4 is 0 Å². The minimum atomic E-state index is -3.03. The number of carbonyl (C=O) groups is 1. The summed E-state index contributed by atoms with van der Waals surface area (Å²) in [5.41, 5.74) is 0.386. The van der Waals surface area contributed by atoms with Gasteiger partial charge in [-0.3, -0.25) is 9.69 Å². The average molecular weight is 324 g/mol. The lowest BCUT2D eigenvalue weighted by Crippen LogP contribution is -2.30. The zero-order valence-corrected chi connectivity index (χ0v) is 13.0. The van der Waals surface area contributed by atoms with Crippen LogP contribution in [0.15, 0.2) is 18.2 Å². The molecule has 0 fully saturated rings. The number of Topliss-reactive ketones (excluding diaryl/α,β-unsaturated/α-hetero) is 1. The smallest absolute Gasteiger partial charge is 0.178 e. The van der Waals surface area contributed by atoms with Gasteiger partial charge in [0.15, 0.2) is 5.78 Å². The number of hydrogen-bond acceptors (Lipinski definition) is 4. The Bertz CT molecular complexity index is 572. The van der Waals surface area contributed by atoms with Crippen LogP contribution in [0.4, 0.5) is 0 Å². The molecule has 0 radical (unpaired) electrons. The molecule has 1 rings (SSSR count). The third kappa shape index (κ3) is 5.91. The highest BCUT2D eigenvalue weighted by atomic mass is 35.5. The molecule has 0 saturated carbocycles. The summed E-state index contributed by atoms with van der Waals surface area (Å²) in [6.07, 6.45) is 1.17. The largest absolute Gasteiger partial charge is 0.298 e. The van der Waals surface area contributed by atoms with Gasteiger partial charge in [0, 0.05) is 23.4 Å². The van der Waals surface area contributed by atoms with Crippen molar-refractivity contribution in [3.05, 3.63) is 33.8 Å². The lowest BCUT2D eigenvalue weighted by molar-refractivity contribution is 0.0949. The summed E-state index contributed by atoms with van der Waals surface area (Å²) in [5, 5.41) is 0.765. The maximum absolute atomic E-state index is 12.0. The molecular weight excluding hydrogens is 309 g/mol. The first-order chi connectivity index (χ1) is 8.69. The van der Waals surface area contributed by atoms with Gasteiger partial charge in [0.2, 0.25) is 0 Å². The lowest BCUT2D eigenvalue weighted by Gasteiger charge is -2.15. The fraction of sp³-hybridized carbons (Fsp3) is 0.417. The maximum atomic E-state index is 12.0. The monoisotopic (exact) mass is 323 g/mol. The Morgan fingerprint density at radius 3 is 2.47 bits per heavy atom. The first-order valence-corrected chi connectivity index (χ1v) is 8.35. The molecule has 19 heavy (non-hydrogen) atoms. The predicted molar refractivity (Wildman–Crippen MR) is 78.0 cm³/mol. The predicted octanol–water partition coefficient (Wildman–Crippen LogP) is 2.15. The second-order valence-electron chi connectivity index (χ2n) is 4.42. The van der Waals surface area contributed by atoms with Crippen LogP contribution in [0, 0.1) is 0 Å². The van der Waals surface area contributed by atoms with E-state index in [1.165, 1.54) is 12.3 Å². The zero-order valence-electron chi connectivity index (χ0n) is 10.7. The normalized spacial score (nSPS) is 11.8. The molecule has 1 aromatic carbocycles. The van der Waals surface area contributed by atoms with Crippen LogP contribution in [0.2, 0.25) is 10.0 Å². The molecule has 0 bridgehead atoms. The Balaban J connectivity index is 2.64. The van der Waals surface area contributed by atoms with Gasteiger partial charge < -0.3 is 0 Å². The van der Waals surface area contributed by atoms with Crippen LogP contribution in [0.25, 0.3) is 0 Å². The first kappa shape index (κ1) is 16.4. The van der Waals surface area contributed by atoms with Crippen LogP contribution in [-0.4, -0.2) is 51.2 Å². The van der Waals surface area contributed by atoms with Gasteiger partial charge in [-0.1, -0.05) is 23.2 Å². The molecule has 0 heterocycles. The van der Waals surface area contributed by atoms with Gasteiger partial charge in [-0.25, -0.2) is 8.42 Å². The van der Waals surface area contributed by atoms with E-state index in [0.29, 0.717) is 22.2 Å². The van der Waals surface area contributed by atoms with Gasteiger partial charge in [0.05, 0.1) is 17.3 Å². The molecule has 0 aliphatic carbocycles. The zero-order chi connectivity index (χ0) is 14.6. The molecule has 1 aromatic rings. The van der Waals surface area contributed by atoms with Crippen molar-refractivity contribution in [2.24, 2.45) is 0 Å². The molecule has 0 aliphatic heterocycles. The third-order valence-electron chi connectivity index (χ3n) is 2.49. The van der Waals surface area contributed by atoms with Crippen LogP contribution in [-0.2, 0) is 9.84 Å². The van der Waals surface area contributed by atoms with Crippen molar-refractivity contribution in [3.8, 4) is 0 Å². The van der Waals surface area contributed by atoms with E-state index in [1.807, 2.05) is 0 Å². The van der Waals surface area contributed by atoms with Crippen molar-refractivity contribution < 1.29 is 13.2 Å². The van der Waals surface area contributed by atoms with Crippen molar-refractivity contribution >= 4 is 38.8 Å². The Morgan fingerprint density at radius 2 is 1.95 bits per heavy atom. The molecule has 4 nitrogen and oxygen atoms in total. The average Bonchev–Trinajstić information content (AvgIpc) is 2.25. The lowest BCUT2D eigenvalue weighted by atomic mass is 10.1. The molecule has 0 aromatic heterocycles. The number of hydrogen-bond donors (Lipinski definition) is 0. The van der Waals surface area contributed by atoms with Crippen LogP contribution in [0.3, 0.4) is 0 Å². The van der Waals surface area contributed by atoms with Gasteiger partial charge in [0.1, 0.15) is 9.84 Å². The third-order valence-corrected chi connectivity index (χ3v) is 3.96. The number of likely N-dealkylation sites (N-methyl/N-ethyl adjacent to an activating group) is 1. The molecule has 0 atom stereocenters. The Kier molecular flexibility index (Phi) is 5.80. The standard InChI is InChI=1S/C12H15Cl2NO3S/c1-15(5-6-19(2,17)18)8-12(16)10-4-3-9(13)7-11(10)14/h3-4,7H,5-6,8H2,1-2H3. The van der Waals surface area contributed by atoms with Crippen molar-refractivity contribution in [2.75, 3.05) is 32.1 Å². The first-order valence-electron chi connectivity index (χ1n) is 5.53. The van der Waals surface area contributed by atoms with Crippen molar-refractivity contribution in [3.63, 3.8) is 0 Å². The van der Waals surface area contributed by atoms with Crippen molar-refractivity contribution in [2.45, 2.75) is 0 Å². The molecule has 7 heteroatoms. The van der Waals surface area contributed by atoms with Crippen LogP contribution in [0.1, 0.15) is 10.4 Å². The second kappa shape index (κ2) is 6.70. The summed E-state index contributed by atoms with van der Waals surface area (Å²) < 4.78 is 22.1. The number of halogens is 2. The van der Waals surface area contributed by atoms with Crippen molar-refractivity contribution in [1.29, 1.82) is 0 Å². The number of rotatable bonds is 6. The van der Waals surface area contributed by atoms with Gasteiger partial charge in [-0.2, -0.15) is 0 Å². The minimum absolute atomic E-state index is 0.0190. The molecule has 0 saturated heterocycles. The van der Waals surface area contributed by atoms with Crippen LogP contribution in [0.5, 0.6) is 0 Å². The highest BCUT2D eigenvalue weighted by molar-refractivity contribution is 7.90. The van der Waals surface area contributed by atoms with Crippen molar-refractivity contribution in [1.82, 2.24) is 4.90 Å². The number of nitrogens with zero attached hydrogens (tertiary/aromatic N) is 1. The van der Waals surface area contributed by atoms with E-state index < -0.39 is 9.84 Å². The van der Waals surface area contributed by atoms with E-state index in [-0.39, 0.29) is 18.1 Å². The summed E-state index contributed by atoms with van der Waals surface area (Å²) in [6, 6.07) is 4.67. The summed E-state index contributed by atoms with van der Waals surface area (Å²) in [7, 11) is -1.34. The van der Waals surface area contributed by atoms with Gasteiger partial charge >= 0.3 is 0 Å². The summed E-state index contributed by atoms with van der Waals surface area (Å²) >= 11 is 11.7. The summed E-state index contributed by atoms with van der Waals surface area (Å²) in [6.45, 7) is 0.409. The minimum Gasteiger partial charge on any atom is -0.298 e. The van der Waals surface area contributed by atoms with E-state index in [4.69, 9.17) is 23.2 Å². The molecule has 0 aliphatic rings. The van der Waals surface area contributed by atoms with Gasteiger partial charge in [0.25, 0.3) is 0 Å². The fourth-order valence-corrected chi connectivity index (χ4v) is 2.60. The number of carbonyl (C=O) groups excluding carboxylic acids is 1. The SMILES string of the molecule is CN(CCS(C)(=O)=O)CC(=O)c1ccc(Cl)cc1Cl. The Morgan fingerprint density at radius 1 is 1.32 bits per heavy atom. The molecule has 0 amide bonds. The van der Waals surface area contributed by atoms with Gasteiger partial charge in [-0.05, 0) is 25.2 Å². The second-order valence-corrected chi connectivity index (χ2v) is 7.52. The number of sulfone groups is 1. The van der Waals surface area contributed by atoms with E-state index in [0.717, 1.165) is 0 Å². The van der Waals surface area contributed by atoms with Crippen LogP contribution >= 0.6 is 23.2 Å². The topological polar surface area (TPSA) is 54.5 Å². The molecule has 0 spiro atoms. The maximum Gasteiger partial charge on any atom is 0.178 e. The summed E-state index contributed by atoms with van der Waals surface area (Å²) in [4.78, 5) is 13.6. The highest BCUT2D eigenvalue weighted by Crippen LogP contribution is 2.21. The van der Waals surface area contributed by atoms with E-state index in [1.54, 1.807) is 24.1 Å². The number of ketones is 1. The fourth-order valence-electron chi connectivity index (χ4n) is 1.45. The molecule has 0 unspecified atom stereocenters. The van der Waals surface area contributed by atoms with E-state index in [9.17, 15) is 13.2 Å². The number of benzene rings is 1. The Labute approximate surface area is 123 Å². The molecule has 106 valence electrons. The van der Waals surface area contributed by atoms with E-state index >= 15 is 0 Å². The molecule has 0 N–H and O–H groups in total. The highest BCUT2D eigenvalue weighted by Gasteiger charge is 2.14. The molecular formula is C12H15Cl2NO3S. The Hall–Kier alpha value is -0.620.